The predicted molar refractivity (Wildman–Crippen MR) is 107 cm³/mol. The average molecular weight is 369 g/mol. The first-order chi connectivity index (χ1) is 13.0. The molecule has 0 radical (unpaired) electrons. The second-order valence-corrected chi connectivity index (χ2v) is 7.12. The summed E-state index contributed by atoms with van der Waals surface area (Å²) in [6.45, 7) is 7.89. The molecule has 27 heavy (non-hydrogen) atoms. The van der Waals surface area contributed by atoms with Crippen LogP contribution in [0.5, 0.6) is 0 Å². The zero-order valence-corrected chi connectivity index (χ0v) is 16.1. The number of halogens is 1. The van der Waals surface area contributed by atoms with Gasteiger partial charge in [-0.2, -0.15) is 0 Å². The molecule has 2 aromatic carbocycles. The summed E-state index contributed by atoms with van der Waals surface area (Å²) in [4.78, 5) is 16.8. The first-order valence-corrected chi connectivity index (χ1v) is 9.66. The Kier molecular flexibility index (Phi) is 6.45. The summed E-state index contributed by atoms with van der Waals surface area (Å²) in [6.07, 6.45) is 1.02. The Morgan fingerprint density at radius 3 is 2.26 bits per heavy atom. The summed E-state index contributed by atoms with van der Waals surface area (Å²) in [5.41, 5.74) is 3.46. The van der Waals surface area contributed by atoms with E-state index in [-0.39, 0.29) is 17.8 Å². The fourth-order valence-corrected chi connectivity index (χ4v) is 3.43. The van der Waals surface area contributed by atoms with Gasteiger partial charge in [0, 0.05) is 31.9 Å². The highest BCUT2D eigenvalue weighted by Crippen LogP contribution is 2.17. The number of rotatable bonds is 6. The molecule has 0 saturated carbocycles. The molecule has 1 atom stereocenters. The molecule has 0 bridgehead atoms. The van der Waals surface area contributed by atoms with E-state index < -0.39 is 0 Å². The van der Waals surface area contributed by atoms with Crippen molar-refractivity contribution in [1.82, 2.24) is 10.2 Å². The molecule has 4 nitrogen and oxygen atoms in total. The molecule has 1 fully saturated rings. The second-order valence-electron chi connectivity index (χ2n) is 7.12. The van der Waals surface area contributed by atoms with E-state index in [1.165, 1.54) is 17.7 Å². The molecule has 1 aliphatic heterocycles. The van der Waals surface area contributed by atoms with E-state index in [1.54, 1.807) is 0 Å². The predicted octanol–water partition coefficient (Wildman–Crippen LogP) is 3.39. The van der Waals surface area contributed by atoms with Crippen molar-refractivity contribution in [3.05, 3.63) is 65.5 Å². The van der Waals surface area contributed by atoms with Gasteiger partial charge < -0.3 is 10.2 Å². The summed E-state index contributed by atoms with van der Waals surface area (Å²) in [5.74, 6) is -0.162. The smallest absolute Gasteiger partial charge is 0.234 e. The number of benzene rings is 2. The molecule has 0 spiro atoms. The van der Waals surface area contributed by atoms with E-state index in [0.717, 1.165) is 43.9 Å². The van der Waals surface area contributed by atoms with Crippen molar-refractivity contribution in [2.45, 2.75) is 26.3 Å². The van der Waals surface area contributed by atoms with Crippen LogP contribution in [-0.4, -0.2) is 43.5 Å². The highest BCUT2D eigenvalue weighted by molar-refractivity contribution is 5.78. The Balaban J connectivity index is 1.45. The highest BCUT2D eigenvalue weighted by Gasteiger charge is 2.20. The van der Waals surface area contributed by atoms with Gasteiger partial charge in [-0.3, -0.25) is 9.69 Å². The second kappa shape index (κ2) is 9.00. The minimum atomic E-state index is -0.215. The van der Waals surface area contributed by atoms with Crippen LogP contribution in [-0.2, 0) is 11.2 Å². The number of anilines is 1. The number of aryl methyl sites for hydroxylation is 1. The standard InChI is InChI=1S/C22H28FN3O/c1-3-18-4-6-19(7-5-18)17(2)24-22(27)16-25-12-14-26(15-13-25)21-10-8-20(23)9-11-21/h4-11,17H,3,12-16H2,1-2H3,(H,24,27). The van der Waals surface area contributed by atoms with Crippen molar-refractivity contribution < 1.29 is 9.18 Å². The maximum absolute atomic E-state index is 13.1. The van der Waals surface area contributed by atoms with Crippen LogP contribution < -0.4 is 10.2 Å². The molecule has 3 rings (SSSR count). The Morgan fingerprint density at radius 2 is 1.67 bits per heavy atom. The largest absolute Gasteiger partial charge is 0.369 e. The molecule has 1 amide bonds. The van der Waals surface area contributed by atoms with Crippen molar-refractivity contribution in [3.8, 4) is 0 Å². The Labute approximate surface area is 161 Å². The Morgan fingerprint density at radius 1 is 1.04 bits per heavy atom. The van der Waals surface area contributed by atoms with Crippen LogP contribution in [0.15, 0.2) is 48.5 Å². The van der Waals surface area contributed by atoms with Crippen LogP contribution in [0, 0.1) is 5.82 Å². The van der Waals surface area contributed by atoms with Crippen molar-refractivity contribution in [2.75, 3.05) is 37.6 Å². The number of piperazine rings is 1. The van der Waals surface area contributed by atoms with Gasteiger partial charge in [0.1, 0.15) is 5.82 Å². The SMILES string of the molecule is CCc1ccc(C(C)NC(=O)CN2CCN(c3ccc(F)cc3)CC2)cc1. The lowest BCUT2D eigenvalue weighted by Crippen LogP contribution is -2.49. The third-order valence-corrected chi connectivity index (χ3v) is 5.20. The summed E-state index contributed by atoms with van der Waals surface area (Å²) >= 11 is 0. The minimum Gasteiger partial charge on any atom is -0.369 e. The quantitative estimate of drug-likeness (QED) is 0.848. The summed E-state index contributed by atoms with van der Waals surface area (Å²) in [7, 11) is 0. The van der Waals surface area contributed by atoms with E-state index in [0.29, 0.717) is 6.54 Å². The highest BCUT2D eigenvalue weighted by atomic mass is 19.1. The van der Waals surface area contributed by atoms with Gasteiger partial charge >= 0.3 is 0 Å². The maximum atomic E-state index is 13.1. The van der Waals surface area contributed by atoms with Crippen LogP contribution in [0.2, 0.25) is 0 Å². The van der Waals surface area contributed by atoms with E-state index in [2.05, 4.69) is 46.3 Å². The van der Waals surface area contributed by atoms with Crippen LogP contribution in [0.4, 0.5) is 10.1 Å². The monoisotopic (exact) mass is 369 g/mol. The van der Waals surface area contributed by atoms with E-state index in [1.807, 2.05) is 19.1 Å². The summed E-state index contributed by atoms with van der Waals surface area (Å²) in [5, 5.41) is 3.09. The van der Waals surface area contributed by atoms with Crippen molar-refractivity contribution in [3.63, 3.8) is 0 Å². The fraction of sp³-hybridized carbons (Fsp3) is 0.409. The Bertz CT molecular complexity index is 737. The van der Waals surface area contributed by atoms with Crippen LogP contribution in [0.1, 0.15) is 31.0 Å². The molecule has 2 aromatic rings. The zero-order chi connectivity index (χ0) is 19.2. The first kappa shape index (κ1) is 19.4. The number of hydrogen-bond acceptors (Lipinski definition) is 3. The molecule has 1 heterocycles. The maximum Gasteiger partial charge on any atom is 0.234 e. The fourth-order valence-electron chi connectivity index (χ4n) is 3.43. The molecule has 1 N–H and O–H groups in total. The van der Waals surface area contributed by atoms with Gasteiger partial charge in [-0.25, -0.2) is 4.39 Å². The van der Waals surface area contributed by atoms with Gasteiger partial charge in [0.05, 0.1) is 12.6 Å². The molecule has 1 unspecified atom stereocenters. The number of carbonyl (C=O) groups is 1. The number of nitrogens with zero attached hydrogens (tertiary/aromatic N) is 2. The molecule has 1 saturated heterocycles. The topological polar surface area (TPSA) is 35.6 Å². The molecule has 0 aromatic heterocycles. The molecule has 144 valence electrons. The van der Waals surface area contributed by atoms with Gasteiger partial charge in [-0.15, -0.1) is 0 Å². The van der Waals surface area contributed by atoms with Gasteiger partial charge in [-0.05, 0) is 48.7 Å². The normalized spacial score (nSPS) is 16.2. The zero-order valence-electron chi connectivity index (χ0n) is 16.1. The average Bonchev–Trinajstić information content (AvgIpc) is 2.69. The van der Waals surface area contributed by atoms with Gasteiger partial charge in [0.25, 0.3) is 0 Å². The molecular weight excluding hydrogens is 341 g/mol. The molecular formula is C22H28FN3O. The van der Waals surface area contributed by atoms with E-state index in [9.17, 15) is 9.18 Å². The molecule has 1 aliphatic rings. The van der Waals surface area contributed by atoms with Crippen LogP contribution in [0.3, 0.4) is 0 Å². The molecule has 0 aliphatic carbocycles. The lowest BCUT2D eigenvalue weighted by molar-refractivity contribution is -0.123. The number of hydrogen-bond donors (Lipinski definition) is 1. The molecule has 5 heteroatoms. The van der Waals surface area contributed by atoms with Crippen molar-refractivity contribution in [2.24, 2.45) is 0 Å². The van der Waals surface area contributed by atoms with E-state index in [4.69, 9.17) is 0 Å². The Hall–Kier alpha value is -2.40. The van der Waals surface area contributed by atoms with Gasteiger partial charge in [0.2, 0.25) is 5.91 Å². The first-order valence-electron chi connectivity index (χ1n) is 9.66. The summed E-state index contributed by atoms with van der Waals surface area (Å²) < 4.78 is 13.1. The third kappa shape index (κ3) is 5.30. The lowest BCUT2D eigenvalue weighted by Gasteiger charge is -2.35. The van der Waals surface area contributed by atoms with Gasteiger partial charge in [0.15, 0.2) is 0 Å². The van der Waals surface area contributed by atoms with Crippen LogP contribution >= 0.6 is 0 Å². The number of carbonyl (C=O) groups excluding carboxylic acids is 1. The number of nitrogens with one attached hydrogen (secondary N) is 1. The van der Waals surface area contributed by atoms with Crippen LogP contribution in [0.25, 0.3) is 0 Å². The minimum absolute atomic E-state index is 0.00362. The third-order valence-electron chi connectivity index (χ3n) is 5.20. The number of amides is 1. The van der Waals surface area contributed by atoms with Crippen molar-refractivity contribution >= 4 is 11.6 Å². The lowest BCUT2D eigenvalue weighted by atomic mass is 10.1. The van der Waals surface area contributed by atoms with E-state index >= 15 is 0 Å². The summed E-state index contributed by atoms with van der Waals surface area (Å²) in [6, 6.07) is 15.0. The van der Waals surface area contributed by atoms with Gasteiger partial charge in [-0.1, -0.05) is 31.2 Å². The van der Waals surface area contributed by atoms with Crippen molar-refractivity contribution in [1.29, 1.82) is 0 Å².